The Bertz CT molecular complexity index is 1140. The Morgan fingerprint density at radius 3 is 2.61 bits per heavy atom. The number of anilines is 2. The number of carbonyl (C=O) groups is 1. The van der Waals surface area contributed by atoms with Gasteiger partial charge in [-0.05, 0) is 36.4 Å². The molecule has 0 unspecified atom stereocenters. The van der Waals surface area contributed by atoms with Crippen molar-refractivity contribution < 1.29 is 14.1 Å². The van der Waals surface area contributed by atoms with Crippen LogP contribution in [0.15, 0.2) is 77.4 Å². The predicted molar refractivity (Wildman–Crippen MR) is 116 cm³/mol. The molecule has 156 valence electrons. The minimum absolute atomic E-state index is 0.244. The summed E-state index contributed by atoms with van der Waals surface area (Å²) in [4.78, 5) is 21.4. The van der Waals surface area contributed by atoms with Gasteiger partial charge in [0.25, 0.3) is 5.91 Å². The van der Waals surface area contributed by atoms with Gasteiger partial charge in [-0.15, -0.1) is 0 Å². The first-order valence-corrected chi connectivity index (χ1v) is 9.75. The maximum atomic E-state index is 12.7. The highest BCUT2D eigenvalue weighted by Gasteiger charge is 2.13. The van der Waals surface area contributed by atoms with Gasteiger partial charge in [-0.3, -0.25) is 4.79 Å². The van der Waals surface area contributed by atoms with Crippen LogP contribution >= 0.6 is 0 Å². The van der Waals surface area contributed by atoms with Gasteiger partial charge >= 0.3 is 0 Å². The monoisotopic (exact) mass is 415 g/mol. The summed E-state index contributed by atoms with van der Waals surface area (Å²) in [7, 11) is 1.61. The topological polar surface area (TPSA) is 102 Å². The van der Waals surface area contributed by atoms with Crippen LogP contribution in [0.3, 0.4) is 0 Å². The van der Waals surface area contributed by atoms with Gasteiger partial charge in [0, 0.05) is 30.4 Å². The number of benzene rings is 2. The van der Waals surface area contributed by atoms with Crippen molar-refractivity contribution in [2.75, 3.05) is 19.0 Å². The Labute approximate surface area is 179 Å². The van der Waals surface area contributed by atoms with Gasteiger partial charge in [-0.25, -0.2) is 4.98 Å². The third kappa shape index (κ3) is 5.05. The molecule has 0 aliphatic heterocycles. The number of ether oxygens (including phenoxy) is 1. The number of amides is 1. The summed E-state index contributed by atoms with van der Waals surface area (Å²) in [6.45, 7) is 0.353. The van der Waals surface area contributed by atoms with E-state index >= 15 is 0 Å². The predicted octanol–water partition coefficient (Wildman–Crippen LogP) is 3.86. The van der Waals surface area contributed by atoms with Crippen LogP contribution in [-0.4, -0.2) is 34.7 Å². The fourth-order valence-electron chi connectivity index (χ4n) is 2.94. The fourth-order valence-corrected chi connectivity index (χ4v) is 2.94. The third-order valence-electron chi connectivity index (χ3n) is 4.53. The fraction of sp³-hybridized carbons (Fsp3) is 0.130. The molecule has 0 spiro atoms. The summed E-state index contributed by atoms with van der Waals surface area (Å²) in [6.07, 6.45) is 2.05. The second-order valence-corrected chi connectivity index (χ2v) is 6.64. The zero-order valence-corrected chi connectivity index (χ0v) is 16.9. The Morgan fingerprint density at radius 2 is 1.84 bits per heavy atom. The molecule has 0 saturated heterocycles. The summed E-state index contributed by atoms with van der Waals surface area (Å²) >= 11 is 0. The number of hydrogen-bond acceptors (Lipinski definition) is 7. The zero-order chi connectivity index (χ0) is 21.5. The first-order chi connectivity index (χ1) is 15.2. The quantitative estimate of drug-likeness (QED) is 0.450. The lowest BCUT2D eigenvalue weighted by atomic mass is 10.2. The molecule has 8 heteroatoms. The molecule has 4 aromatic rings. The first-order valence-electron chi connectivity index (χ1n) is 9.75. The van der Waals surface area contributed by atoms with Crippen LogP contribution in [0.25, 0.3) is 11.4 Å². The van der Waals surface area contributed by atoms with Crippen molar-refractivity contribution in [3.8, 4) is 17.1 Å². The number of aromatic nitrogens is 3. The van der Waals surface area contributed by atoms with Crippen molar-refractivity contribution in [3.63, 3.8) is 0 Å². The molecule has 2 aromatic carbocycles. The third-order valence-corrected chi connectivity index (χ3v) is 4.53. The van der Waals surface area contributed by atoms with E-state index in [0.29, 0.717) is 36.1 Å². The van der Waals surface area contributed by atoms with Crippen molar-refractivity contribution in [1.29, 1.82) is 0 Å². The number of pyridine rings is 1. The zero-order valence-electron chi connectivity index (χ0n) is 16.9. The second-order valence-electron chi connectivity index (χ2n) is 6.64. The molecule has 1 amide bonds. The molecule has 8 nitrogen and oxygen atoms in total. The molecule has 2 N–H and O–H groups in total. The molecule has 0 atom stereocenters. The van der Waals surface area contributed by atoms with Crippen molar-refractivity contribution >= 4 is 17.4 Å². The van der Waals surface area contributed by atoms with Gasteiger partial charge in [0.1, 0.15) is 11.6 Å². The van der Waals surface area contributed by atoms with E-state index in [9.17, 15) is 4.79 Å². The SMILES string of the molecule is COc1ccc(Nc2ncccc2C(=O)NCCc2nc(-c3ccccc3)no2)cc1. The Kier molecular flexibility index (Phi) is 6.18. The van der Waals surface area contributed by atoms with Gasteiger partial charge < -0.3 is 19.9 Å². The Hall–Kier alpha value is -4.20. The van der Waals surface area contributed by atoms with Gasteiger partial charge in [-0.1, -0.05) is 35.5 Å². The highest BCUT2D eigenvalue weighted by molar-refractivity contribution is 5.99. The highest BCUT2D eigenvalue weighted by Crippen LogP contribution is 2.21. The minimum Gasteiger partial charge on any atom is -0.497 e. The van der Waals surface area contributed by atoms with E-state index in [1.807, 2.05) is 54.6 Å². The molecule has 31 heavy (non-hydrogen) atoms. The van der Waals surface area contributed by atoms with Crippen LogP contribution in [0.2, 0.25) is 0 Å². The van der Waals surface area contributed by atoms with Crippen LogP contribution in [0.4, 0.5) is 11.5 Å². The molecule has 0 aliphatic carbocycles. The molecule has 0 aliphatic rings. The van der Waals surface area contributed by atoms with Gasteiger partial charge in [0.05, 0.1) is 12.7 Å². The van der Waals surface area contributed by atoms with Crippen LogP contribution < -0.4 is 15.4 Å². The molecule has 4 rings (SSSR count). The summed E-state index contributed by atoms with van der Waals surface area (Å²) < 4.78 is 10.4. The molecular weight excluding hydrogens is 394 g/mol. The standard InChI is InChI=1S/C23H21N5O3/c1-30-18-11-9-17(10-12-18)26-22-19(8-5-14-24-22)23(29)25-15-13-20-27-21(28-31-20)16-6-3-2-4-7-16/h2-12,14H,13,15H2,1H3,(H,24,26)(H,25,29). The molecule has 2 aromatic heterocycles. The van der Waals surface area contributed by atoms with E-state index < -0.39 is 0 Å². The smallest absolute Gasteiger partial charge is 0.255 e. The van der Waals surface area contributed by atoms with Crippen LogP contribution in [0.5, 0.6) is 5.75 Å². The van der Waals surface area contributed by atoms with Gasteiger partial charge in [0.2, 0.25) is 11.7 Å². The summed E-state index contributed by atoms with van der Waals surface area (Å²) in [5.41, 5.74) is 2.12. The number of nitrogens with zero attached hydrogens (tertiary/aromatic N) is 3. The van der Waals surface area contributed by atoms with Gasteiger partial charge in [-0.2, -0.15) is 4.98 Å². The molecule has 2 heterocycles. The van der Waals surface area contributed by atoms with E-state index in [-0.39, 0.29) is 5.91 Å². The van der Waals surface area contributed by atoms with Crippen LogP contribution in [-0.2, 0) is 6.42 Å². The van der Waals surface area contributed by atoms with E-state index in [4.69, 9.17) is 9.26 Å². The number of nitrogens with one attached hydrogen (secondary N) is 2. The largest absolute Gasteiger partial charge is 0.497 e. The van der Waals surface area contributed by atoms with E-state index in [1.165, 1.54) is 0 Å². The number of hydrogen-bond donors (Lipinski definition) is 2. The average Bonchev–Trinajstić information content (AvgIpc) is 3.29. The minimum atomic E-state index is -0.244. The molecule has 0 bridgehead atoms. The van der Waals surface area contributed by atoms with E-state index in [0.717, 1.165) is 17.0 Å². The molecule has 0 fully saturated rings. The lowest BCUT2D eigenvalue weighted by Crippen LogP contribution is -2.26. The highest BCUT2D eigenvalue weighted by atomic mass is 16.5. The number of rotatable bonds is 8. The molecular formula is C23H21N5O3. The normalized spacial score (nSPS) is 10.5. The average molecular weight is 415 g/mol. The lowest BCUT2D eigenvalue weighted by molar-refractivity contribution is 0.0954. The summed E-state index contributed by atoms with van der Waals surface area (Å²) in [6, 6.07) is 20.4. The first kappa shape index (κ1) is 20.1. The van der Waals surface area contributed by atoms with Crippen molar-refractivity contribution in [1.82, 2.24) is 20.4 Å². The maximum Gasteiger partial charge on any atom is 0.255 e. The van der Waals surface area contributed by atoms with E-state index in [2.05, 4.69) is 25.8 Å². The van der Waals surface area contributed by atoms with Crippen LogP contribution in [0.1, 0.15) is 16.2 Å². The Balaban J connectivity index is 1.36. The van der Waals surface area contributed by atoms with Crippen molar-refractivity contribution in [2.24, 2.45) is 0 Å². The number of methoxy groups -OCH3 is 1. The maximum absolute atomic E-state index is 12.7. The van der Waals surface area contributed by atoms with Crippen molar-refractivity contribution in [3.05, 3.63) is 84.4 Å². The number of carbonyl (C=O) groups excluding carboxylic acids is 1. The molecule has 0 radical (unpaired) electrons. The Morgan fingerprint density at radius 1 is 1.03 bits per heavy atom. The lowest BCUT2D eigenvalue weighted by Gasteiger charge is -2.11. The van der Waals surface area contributed by atoms with E-state index in [1.54, 1.807) is 25.4 Å². The summed E-state index contributed by atoms with van der Waals surface area (Å²) in [5, 5.41) is 10.0. The van der Waals surface area contributed by atoms with Crippen LogP contribution in [0, 0.1) is 0 Å². The van der Waals surface area contributed by atoms with Crippen molar-refractivity contribution in [2.45, 2.75) is 6.42 Å². The second kappa shape index (κ2) is 9.53. The summed E-state index contributed by atoms with van der Waals surface area (Å²) in [5.74, 6) is 1.96. The molecule has 0 saturated carbocycles. The van der Waals surface area contributed by atoms with Gasteiger partial charge in [0.15, 0.2) is 0 Å².